The van der Waals surface area contributed by atoms with Crippen LogP contribution in [0.4, 0.5) is 5.69 Å². The molecule has 0 saturated heterocycles. The van der Waals surface area contributed by atoms with Crippen molar-refractivity contribution in [2.24, 2.45) is 0 Å². The van der Waals surface area contributed by atoms with Gasteiger partial charge < -0.3 is 4.90 Å². The molecule has 1 N–H and O–H groups in total. The van der Waals surface area contributed by atoms with E-state index in [2.05, 4.69) is 4.72 Å². The largest absolute Gasteiger partial charge is 0.345 e. The van der Waals surface area contributed by atoms with E-state index in [0.29, 0.717) is 0 Å². The molecule has 0 radical (unpaired) electrons. The Morgan fingerprint density at radius 1 is 1.00 bits per heavy atom. The molecule has 0 aromatic heterocycles. The Kier molecular flexibility index (Phi) is 5.65. The Balaban J connectivity index is 2.52. The van der Waals surface area contributed by atoms with E-state index in [4.69, 9.17) is 34.8 Å². The van der Waals surface area contributed by atoms with Gasteiger partial charge in [-0.15, -0.1) is 0 Å². The van der Waals surface area contributed by atoms with Crippen molar-refractivity contribution in [1.82, 2.24) is 4.90 Å². The minimum absolute atomic E-state index is 0.00872. The number of sulfonamides is 1. The quantitative estimate of drug-likeness (QED) is 0.828. The molecule has 0 aliphatic carbocycles. The van der Waals surface area contributed by atoms with Crippen LogP contribution in [0.3, 0.4) is 0 Å². The lowest BCUT2D eigenvalue weighted by atomic mass is 10.1. The van der Waals surface area contributed by atoms with Crippen LogP contribution in [0, 0.1) is 0 Å². The summed E-state index contributed by atoms with van der Waals surface area (Å²) in [5.41, 5.74) is 0.211. The van der Waals surface area contributed by atoms with Crippen LogP contribution in [0.15, 0.2) is 41.3 Å². The zero-order chi connectivity index (χ0) is 18.1. The molecule has 1 amide bonds. The van der Waals surface area contributed by atoms with Gasteiger partial charge in [0.15, 0.2) is 0 Å². The molecular weight excluding hydrogens is 395 g/mol. The summed E-state index contributed by atoms with van der Waals surface area (Å²) in [6.07, 6.45) is 0. The van der Waals surface area contributed by atoms with Gasteiger partial charge in [0.2, 0.25) is 0 Å². The molecular formula is C15H13Cl3N2O3S. The maximum Gasteiger partial charge on any atom is 0.263 e. The van der Waals surface area contributed by atoms with Crippen molar-refractivity contribution >= 4 is 56.4 Å². The summed E-state index contributed by atoms with van der Waals surface area (Å²) in [4.78, 5) is 13.4. The monoisotopic (exact) mass is 406 g/mol. The molecule has 2 rings (SSSR count). The Morgan fingerprint density at radius 3 is 2.21 bits per heavy atom. The average molecular weight is 408 g/mol. The highest BCUT2D eigenvalue weighted by Gasteiger charge is 2.22. The van der Waals surface area contributed by atoms with Crippen molar-refractivity contribution in [3.05, 3.63) is 57.0 Å². The minimum atomic E-state index is -4.06. The van der Waals surface area contributed by atoms with Gasteiger partial charge in [0, 0.05) is 24.1 Å². The Morgan fingerprint density at radius 2 is 1.58 bits per heavy atom. The number of carbonyl (C=O) groups is 1. The van der Waals surface area contributed by atoms with Gasteiger partial charge in [-0.3, -0.25) is 9.52 Å². The van der Waals surface area contributed by atoms with E-state index >= 15 is 0 Å². The average Bonchev–Trinajstić information content (AvgIpc) is 2.48. The number of anilines is 1. The molecule has 0 heterocycles. The van der Waals surface area contributed by atoms with Gasteiger partial charge in [0.1, 0.15) is 4.90 Å². The Hall–Kier alpha value is -1.47. The zero-order valence-corrected chi connectivity index (χ0v) is 15.8. The molecule has 0 saturated carbocycles. The third-order valence-electron chi connectivity index (χ3n) is 3.05. The fourth-order valence-electron chi connectivity index (χ4n) is 1.91. The van der Waals surface area contributed by atoms with Crippen molar-refractivity contribution in [1.29, 1.82) is 0 Å². The highest BCUT2D eigenvalue weighted by atomic mass is 35.5. The summed E-state index contributed by atoms with van der Waals surface area (Å²) in [5, 5.41) is 0.505. The van der Waals surface area contributed by atoms with Crippen LogP contribution in [-0.2, 0) is 10.0 Å². The van der Waals surface area contributed by atoms with Crippen molar-refractivity contribution in [2.75, 3.05) is 18.8 Å². The third-order valence-corrected chi connectivity index (χ3v) is 5.36. The first kappa shape index (κ1) is 18.9. The Labute approximate surface area is 155 Å². The van der Waals surface area contributed by atoms with Gasteiger partial charge in [0.25, 0.3) is 15.9 Å². The summed E-state index contributed by atoms with van der Waals surface area (Å²) < 4.78 is 27.6. The van der Waals surface area contributed by atoms with E-state index < -0.39 is 10.0 Å². The van der Waals surface area contributed by atoms with E-state index in [1.165, 1.54) is 41.3 Å². The van der Waals surface area contributed by atoms with Crippen molar-refractivity contribution in [3.8, 4) is 0 Å². The third kappa shape index (κ3) is 4.13. The fraction of sp³-hybridized carbons (Fsp3) is 0.133. The molecule has 9 heteroatoms. The second-order valence-electron chi connectivity index (χ2n) is 5.07. The lowest BCUT2D eigenvalue weighted by molar-refractivity contribution is 0.0828. The number of halogens is 3. The smallest absolute Gasteiger partial charge is 0.263 e. The minimum Gasteiger partial charge on any atom is -0.345 e. The van der Waals surface area contributed by atoms with Gasteiger partial charge in [-0.2, -0.15) is 0 Å². The first-order chi connectivity index (χ1) is 11.1. The van der Waals surface area contributed by atoms with E-state index in [0.717, 1.165) is 0 Å². The van der Waals surface area contributed by atoms with Gasteiger partial charge in [-0.05, 0) is 36.4 Å². The number of benzene rings is 2. The molecule has 128 valence electrons. The fourth-order valence-corrected chi connectivity index (χ4v) is 3.92. The second-order valence-corrected chi connectivity index (χ2v) is 8.00. The van der Waals surface area contributed by atoms with Crippen LogP contribution >= 0.6 is 34.8 Å². The van der Waals surface area contributed by atoms with Crippen LogP contribution < -0.4 is 4.72 Å². The van der Waals surface area contributed by atoms with Crippen molar-refractivity contribution < 1.29 is 13.2 Å². The molecule has 0 unspecified atom stereocenters. The number of hydrogen-bond donors (Lipinski definition) is 1. The summed E-state index contributed by atoms with van der Waals surface area (Å²) in [6.45, 7) is 0. The van der Waals surface area contributed by atoms with Gasteiger partial charge in [0.05, 0.1) is 16.3 Å². The molecule has 0 spiro atoms. The summed E-state index contributed by atoms with van der Waals surface area (Å²) in [6, 6.07) is 8.38. The number of hydrogen-bond acceptors (Lipinski definition) is 3. The maximum atomic E-state index is 12.6. The predicted molar refractivity (Wildman–Crippen MR) is 96.7 cm³/mol. The number of nitrogens with zero attached hydrogens (tertiary/aromatic N) is 1. The van der Waals surface area contributed by atoms with Gasteiger partial charge in [-0.25, -0.2) is 8.42 Å². The zero-order valence-electron chi connectivity index (χ0n) is 12.7. The second kappa shape index (κ2) is 7.19. The van der Waals surface area contributed by atoms with E-state index in [1.807, 2.05) is 0 Å². The highest BCUT2D eigenvalue weighted by Crippen LogP contribution is 2.29. The first-order valence-corrected chi connectivity index (χ1v) is 9.22. The topological polar surface area (TPSA) is 66.5 Å². The van der Waals surface area contributed by atoms with Gasteiger partial charge >= 0.3 is 0 Å². The van der Waals surface area contributed by atoms with Crippen LogP contribution in [0.25, 0.3) is 0 Å². The van der Waals surface area contributed by atoms with Gasteiger partial charge in [-0.1, -0.05) is 34.8 Å². The molecule has 0 aliphatic heterocycles. The SMILES string of the molecule is CN(C)C(=O)c1ccc(Cl)cc1NS(=O)(=O)c1cc(Cl)ccc1Cl. The van der Waals surface area contributed by atoms with Crippen molar-refractivity contribution in [3.63, 3.8) is 0 Å². The van der Waals surface area contributed by atoms with E-state index in [9.17, 15) is 13.2 Å². The summed E-state index contributed by atoms with van der Waals surface area (Å²) >= 11 is 17.7. The highest BCUT2D eigenvalue weighted by molar-refractivity contribution is 7.92. The number of nitrogens with one attached hydrogen (secondary N) is 1. The molecule has 5 nitrogen and oxygen atoms in total. The van der Waals surface area contributed by atoms with E-state index in [-0.39, 0.29) is 37.1 Å². The van der Waals surface area contributed by atoms with Crippen LogP contribution in [0.5, 0.6) is 0 Å². The normalized spacial score (nSPS) is 11.2. The lowest BCUT2D eigenvalue weighted by Crippen LogP contribution is -2.24. The Bertz CT molecular complexity index is 899. The molecule has 0 fully saturated rings. The van der Waals surface area contributed by atoms with Crippen LogP contribution in [0.2, 0.25) is 15.1 Å². The predicted octanol–water partition coefficient (Wildman–Crippen LogP) is 4.15. The molecule has 0 atom stereocenters. The standard InChI is InChI=1S/C15H13Cl3N2O3S/c1-20(2)15(21)11-5-3-9(16)7-13(11)19-24(22,23)14-8-10(17)4-6-12(14)18/h3-8,19H,1-2H3. The first-order valence-electron chi connectivity index (χ1n) is 6.61. The molecule has 2 aromatic rings. The number of carbonyl (C=O) groups excluding carboxylic acids is 1. The van der Waals surface area contributed by atoms with Crippen LogP contribution in [0.1, 0.15) is 10.4 Å². The lowest BCUT2D eigenvalue weighted by Gasteiger charge is -2.16. The summed E-state index contributed by atoms with van der Waals surface area (Å²) in [5.74, 6) is -0.374. The maximum absolute atomic E-state index is 12.6. The van der Waals surface area contributed by atoms with Crippen LogP contribution in [-0.4, -0.2) is 33.3 Å². The number of rotatable bonds is 4. The van der Waals surface area contributed by atoms with E-state index in [1.54, 1.807) is 14.1 Å². The molecule has 2 aromatic carbocycles. The number of amides is 1. The molecule has 0 bridgehead atoms. The summed E-state index contributed by atoms with van der Waals surface area (Å²) in [7, 11) is -0.944. The molecule has 0 aliphatic rings. The molecule has 24 heavy (non-hydrogen) atoms. The van der Waals surface area contributed by atoms with Crippen molar-refractivity contribution in [2.45, 2.75) is 4.90 Å².